The molecule has 3 heterocycles. The van der Waals surface area contributed by atoms with Crippen LogP contribution in [0.2, 0.25) is 10.0 Å². The zero-order valence-corrected chi connectivity index (χ0v) is 25.4. The van der Waals surface area contributed by atoms with Crippen LogP contribution in [-0.4, -0.2) is 68.2 Å². The molecule has 41 heavy (non-hydrogen) atoms. The van der Waals surface area contributed by atoms with Crippen LogP contribution in [0.4, 0.5) is 10.1 Å². The average molecular weight is 606 g/mol. The van der Waals surface area contributed by atoms with Crippen LogP contribution in [0.1, 0.15) is 57.1 Å². The Balaban J connectivity index is 1.54. The largest absolute Gasteiger partial charge is 0.379 e. The molecule has 3 aliphatic heterocycles. The van der Waals surface area contributed by atoms with E-state index >= 15 is 4.39 Å². The van der Waals surface area contributed by atoms with Crippen LogP contribution < -0.4 is 16.0 Å². The third kappa shape index (κ3) is 5.74. The minimum Gasteiger partial charge on any atom is -0.379 e. The first-order chi connectivity index (χ1) is 19.6. The number of halogens is 3. The maximum absolute atomic E-state index is 15.9. The molecule has 2 aromatic carbocycles. The number of carbonyl (C=O) groups is 2. The molecule has 2 aromatic rings. The van der Waals surface area contributed by atoms with Crippen LogP contribution in [-0.2, 0) is 19.7 Å². The van der Waals surface area contributed by atoms with Gasteiger partial charge in [-0.15, -0.1) is 0 Å². The van der Waals surface area contributed by atoms with Crippen molar-refractivity contribution >= 4 is 40.7 Å². The summed E-state index contributed by atoms with van der Waals surface area (Å²) in [6.45, 7) is 10.9. The summed E-state index contributed by atoms with van der Waals surface area (Å²) >= 11 is 12.6. The number of nitrogens with zero attached hydrogens (tertiary/aromatic N) is 1. The summed E-state index contributed by atoms with van der Waals surface area (Å²) in [6.07, 6.45) is 2.23. The molecular formula is C31H39Cl2FN4O3. The second-order valence-corrected chi connectivity index (χ2v) is 13.0. The highest BCUT2D eigenvalue weighted by Crippen LogP contribution is 2.57. The third-order valence-electron chi connectivity index (χ3n) is 9.17. The number of fused-ring (bicyclic) bond motifs is 2. The summed E-state index contributed by atoms with van der Waals surface area (Å²) in [7, 11) is 0. The fourth-order valence-corrected chi connectivity index (χ4v) is 7.04. The third-order valence-corrected chi connectivity index (χ3v) is 9.70. The number of anilines is 1. The maximum Gasteiger partial charge on any atom is 0.237 e. The highest BCUT2D eigenvalue weighted by atomic mass is 35.5. The number of carbonyl (C=O) groups excluding carboxylic acids is 2. The number of rotatable bonds is 9. The summed E-state index contributed by atoms with van der Waals surface area (Å²) in [5.41, 5.74) is 0.133. The lowest BCUT2D eigenvalue weighted by Crippen LogP contribution is -2.50. The first-order valence-corrected chi connectivity index (χ1v) is 15.2. The minimum atomic E-state index is -1.26. The Morgan fingerprint density at radius 2 is 1.98 bits per heavy atom. The molecule has 0 radical (unpaired) electrons. The van der Waals surface area contributed by atoms with Crippen molar-refractivity contribution in [1.82, 2.24) is 15.5 Å². The topological polar surface area (TPSA) is 82.7 Å². The Kier molecular flexibility index (Phi) is 8.98. The molecule has 4 atom stereocenters. The molecule has 7 nitrogen and oxygen atoms in total. The van der Waals surface area contributed by atoms with Gasteiger partial charge in [-0.3, -0.25) is 14.5 Å². The molecule has 3 aliphatic rings. The molecule has 2 fully saturated rings. The Bertz CT molecular complexity index is 1300. The van der Waals surface area contributed by atoms with Crippen molar-refractivity contribution in [2.24, 2.45) is 5.41 Å². The van der Waals surface area contributed by atoms with E-state index in [1.54, 1.807) is 24.3 Å². The van der Waals surface area contributed by atoms with Gasteiger partial charge in [0.2, 0.25) is 11.8 Å². The van der Waals surface area contributed by atoms with Crippen molar-refractivity contribution in [1.29, 1.82) is 0 Å². The molecule has 2 saturated heterocycles. The van der Waals surface area contributed by atoms with Gasteiger partial charge in [0, 0.05) is 42.3 Å². The van der Waals surface area contributed by atoms with Gasteiger partial charge in [0.15, 0.2) is 0 Å². The number of amides is 2. The lowest BCUT2D eigenvalue weighted by Gasteiger charge is -2.38. The smallest absolute Gasteiger partial charge is 0.237 e. The van der Waals surface area contributed by atoms with Crippen LogP contribution >= 0.6 is 23.2 Å². The molecule has 3 N–H and O–H groups in total. The first-order valence-electron chi connectivity index (χ1n) is 14.5. The Morgan fingerprint density at radius 1 is 1.22 bits per heavy atom. The van der Waals surface area contributed by atoms with E-state index in [0.717, 1.165) is 45.7 Å². The zero-order valence-electron chi connectivity index (χ0n) is 23.9. The summed E-state index contributed by atoms with van der Waals surface area (Å²) in [5.74, 6) is -1.99. The molecule has 1 spiro atoms. The second-order valence-electron chi connectivity index (χ2n) is 12.2. The molecule has 0 aliphatic carbocycles. The van der Waals surface area contributed by atoms with E-state index in [-0.39, 0.29) is 27.8 Å². The van der Waals surface area contributed by atoms with Crippen LogP contribution in [0.3, 0.4) is 0 Å². The van der Waals surface area contributed by atoms with Crippen molar-refractivity contribution < 1.29 is 18.7 Å². The van der Waals surface area contributed by atoms with Gasteiger partial charge >= 0.3 is 0 Å². The van der Waals surface area contributed by atoms with E-state index in [1.165, 1.54) is 6.07 Å². The molecular weight excluding hydrogens is 566 g/mol. The van der Waals surface area contributed by atoms with Crippen LogP contribution in [0.25, 0.3) is 0 Å². The predicted octanol–water partition coefficient (Wildman–Crippen LogP) is 5.11. The number of nitrogens with one attached hydrogen (secondary N) is 3. The quantitative estimate of drug-likeness (QED) is 0.346. The van der Waals surface area contributed by atoms with Crippen LogP contribution in [0, 0.1) is 11.2 Å². The number of morpholine rings is 1. The van der Waals surface area contributed by atoms with Gasteiger partial charge < -0.3 is 20.7 Å². The van der Waals surface area contributed by atoms with Crippen molar-refractivity contribution in [3.8, 4) is 0 Å². The number of hydrogen-bond acceptors (Lipinski definition) is 5. The number of hydrogen-bond donors (Lipinski definition) is 3. The van der Waals surface area contributed by atoms with E-state index in [2.05, 4.69) is 41.6 Å². The lowest BCUT2D eigenvalue weighted by atomic mass is 9.62. The van der Waals surface area contributed by atoms with Gasteiger partial charge in [-0.25, -0.2) is 4.39 Å². The number of ether oxygens (including phenoxy) is 1. The maximum atomic E-state index is 15.9. The van der Waals surface area contributed by atoms with E-state index in [4.69, 9.17) is 27.9 Å². The highest BCUT2D eigenvalue weighted by Gasteiger charge is 2.66. The summed E-state index contributed by atoms with van der Waals surface area (Å²) in [4.78, 5) is 30.5. The molecule has 5 rings (SSSR count). The van der Waals surface area contributed by atoms with Crippen molar-refractivity contribution in [3.63, 3.8) is 0 Å². The molecule has 0 unspecified atom stereocenters. The fourth-order valence-electron chi connectivity index (χ4n) is 6.69. The van der Waals surface area contributed by atoms with Crippen LogP contribution in [0.5, 0.6) is 0 Å². The van der Waals surface area contributed by atoms with Crippen molar-refractivity contribution in [2.75, 3.05) is 44.7 Å². The van der Waals surface area contributed by atoms with E-state index in [0.29, 0.717) is 29.2 Å². The average Bonchev–Trinajstić information content (AvgIpc) is 3.42. The molecule has 2 amide bonds. The fraction of sp³-hybridized carbons (Fsp3) is 0.548. The van der Waals surface area contributed by atoms with Gasteiger partial charge in [0.1, 0.15) is 11.2 Å². The van der Waals surface area contributed by atoms with Crippen molar-refractivity contribution in [2.45, 2.75) is 63.5 Å². The van der Waals surface area contributed by atoms with Gasteiger partial charge in [-0.1, -0.05) is 68.6 Å². The van der Waals surface area contributed by atoms with Crippen molar-refractivity contribution in [3.05, 3.63) is 63.4 Å². The molecule has 0 saturated carbocycles. The molecule has 10 heteroatoms. The second kappa shape index (κ2) is 12.2. The van der Waals surface area contributed by atoms with Gasteiger partial charge in [0.05, 0.1) is 24.3 Å². The number of benzene rings is 2. The molecule has 222 valence electrons. The van der Waals surface area contributed by atoms with E-state index in [1.807, 2.05) is 6.07 Å². The minimum absolute atomic E-state index is 0.0469. The normalized spacial score (nSPS) is 26.3. The standard InChI is InChI=1S/C31H39Cl2FN4O3/c1-4-30(2,3)18-24-31(21-10-9-19(32)17-23(21)36-29(31)40)25(20-7-5-8-22(33)26(20)34)27(37-24)28(39)35-11-6-12-38-13-15-41-16-14-38/h5,7-10,17,24-25,27,37H,4,6,11-16,18H2,1-3H3,(H,35,39)(H,36,40)/t24-,25+,27-,31+/m1/s1. The summed E-state index contributed by atoms with van der Waals surface area (Å²) < 4.78 is 21.3. The monoisotopic (exact) mass is 604 g/mol. The predicted molar refractivity (Wildman–Crippen MR) is 160 cm³/mol. The summed E-state index contributed by atoms with van der Waals surface area (Å²) in [5, 5.41) is 10.1. The lowest BCUT2D eigenvalue weighted by molar-refractivity contribution is -0.123. The van der Waals surface area contributed by atoms with Gasteiger partial charge in [-0.2, -0.15) is 0 Å². The Morgan fingerprint density at radius 3 is 2.71 bits per heavy atom. The van der Waals surface area contributed by atoms with Gasteiger partial charge in [0.25, 0.3) is 0 Å². The zero-order chi connectivity index (χ0) is 29.4. The van der Waals surface area contributed by atoms with E-state index < -0.39 is 29.2 Å². The SMILES string of the molecule is CCC(C)(C)C[C@H]1N[C@@H](C(=O)NCCCN2CCOCC2)[C@H](c2cccc(Cl)c2F)[C@@]12C(=O)Nc1cc(Cl)ccc12. The molecule has 0 aromatic heterocycles. The summed E-state index contributed by atoms with van der Waals surface area (Å²) in [6, 6.07) is 8.78. The Labute approximate surface area is 251 Å². The molecule has 0 bridgehead atoms. The van der Waals surface area contributed by atoms with E-state index in [9.17, 15) is 9.59 Å². The highest BCUT2D eigenvalue weighted by molar-refractivity contribution is 6.31. The van der Waals surface area contributed by atoms with Crippen LogP contribution in [0.15, 0.2) is 36.4 Å². The Hall–Kier alpha value is -2.23. The first kappa shape index (κ1) is 30.2. The van der Waals surface area contributed by atoms with Gasteiger partial charge in [-0.05, 0) is 54.1 Å².